The van der Waals surface area contributed by atoms with Crippen molar-refractivity contribution in [1.29, 1.82) is 0 Å². The van der Waals surface area contributed by atoms with Crippen LogP contribution in [0.5, 0.6) is 0 Å². The number of ether oxygens (including phenoxy) is 2. The molecule has 158 valence electrons. The number of hydrogen-bond donors (Lipinski definition) is 1. The van der Waals surface area contributed by atoms with E-state index >= 15 is 0 Å². The lowest BCUT2D eigenvalue weighted by Crippen LogP contribution is -2.20. The number of amides is 1. The summed E-state index contributed by atoms with van der Waals surface area (Å²) < 4.78 is 10.2. The van der Waals surface area contributed by atoms with E-state index in [1.165, 1.54) is 12.1 Å². The van der Waals surface area contributed by atoms with Crippen LogP contribution in [0.2, 0.25) is 0 Å². The fourth-order valence-electron chi connectivity index (χ4n) is 3.10. The monoisotopic (exact) mass is 417 g/mol. The van der Waals surface area contributed by atoms with Gasteiger partial charge in [-0.25, -0.2) is 9.59 Å². The lowest BCUT2D eigenvalue weighted by atomic mass is 10.0. The van der Waals surface area contributed by atoms with Crippen molar-refractivity contribution in [2.75, 3.05) is 18.5 Å². The van der Waals surface area contributed by atoms with Gasteiger partial charge in [0.15, 0.2) is 0 Å². The average Bonchev–Trinajstić information content (AvgIpc) is 2.80. The van der Waals surface area contributed by atoms with E-state index in [0.29, 0.717) is 5.56 Å². The number of hydrogen-bond acceptors (Lipinski definition) is 5. The minimum atomic E-state index is -0.637. The van der Waals surface area contributed by atoms with E-state index < -0.39 is 17.8 Å². The molecule has 3 rings (SSSR count). The zero-order valence-electron chi connectivity index (χ0n) is 17.4. The van der Waals surface area contributed by atoms with Crippen molar-refractivity contribution < 1.29 is 23.9 Å². The minimum absolute atomic E-state index is 0.0644. The van der Waals surface area contributed by atoms with Gasteiger partial charge in [-0.1, -0.05) is 48.5 Å². The Morgan fingerprint density at radius 3 is 1.84 bits per heavy atom. The number of carbonyl (C=O) groups is 3. The molecule has 0 aliphatic carbocycles. The van der Waals surface area contributed by atoms with E-state index in [9.17, 15) is 14.4 Å². The maximum atomic E-state index is 13.0. The summed E-state index contributed by atoms with van der Waals surface area (Å²) in [5.41, 5.74) is 2.46. The van der Waals surface area contributed by atoms with Crippen molar-refractivity contribution in [2.45, 2.75) is 13.8 Å². The predicted octanol–water partition coefficient (Wildman–Crippen LogP) is 4.96. The summed E-state index contributed by atoms with van der Waals surface area (Å²) in [6.45, 7) is 3.69. The largest absolute Gasteiger partial charge is 0.462 e. The summed E-state index contributed by atoms with van der Waals surface area (Å²) in [7, 11) is 0. The maximum Gasteiger partial charge on any atom is 0.340 e. The molecule has 0 aliphatic rings. The Hall–Kier alpha value is -3.93. The molecule has 3 aromatic carbocycles. The first-order valence-electron chi connectivity index (χ1n) is 9.99. The molecular weight excluding hydrogens is 394 g/mol. The number of para-hydroxylation sites is 1. The van der Waals surface area contributed by atoms with Gasteiger partial charge in [0.05, 0.1) is 30.0 Å². The Morgan fingerprint density at radius 1 is 0.710 bits per heavy atom. The van der Waals surface area contributed by atoms with Crippen molar-refractivity contribution in [2.24, 2.45) is 0 Å². The zero-order chi connectivity index (χ0) is 22.2. The molecular formula is C25H23NO5. The zero-order valence-corrected chi connectivity index (χ0v) is 17.4. The summed E-state index contributed by atoms with van der Waals surface area (Å²) >= 11 is 0. The molecule has 31 heavy (non-hydrogen) atoms. The van der Waals surface area contributed by atoms with Gasteiger partial charge in [0.2, 0.25) is 0 Å². The molecule has 0 saturated heterocycles. The third-order valence-corrected chi connectivity index (χ3v) is 4.53. The number of nitrogens with one attached hydrogen (secondary N) is 1. The van der Waals surface area contributed by atoms with Gasteiger partial charge in [-0.05, 0) is 49.2 Å². The number of benzene rings is 3. The molecule has 3 aromatic rings. The van der Waals surface area contributed by atoms with Crippen molar-refractivity contribution in [3.8, 4) is 11.1 Å². The summed E-state index contributed by atoms with van der Waals surface area (Å²) in [5, 5.41) is 2.71. The van der Waals surface area contributed by atoms with E-state index in [-0.39, 0.29) is 30.0 Å². The third kappa shape index (κ3) is 5.17. The number of rotatable bonds is 7. The highest BCUT2D eigenvalue weighted by Gasteiger charge is 2.23. The average molecular weight is 417 g/mol. The Kier molecular flexibility index (Phi) is 7.17. The first kappa shape index (κ1) is 21.8. The summed E-state index contributed by atoms with van der Waals surface area (Å²) in [6, 6.07) is 21.3. The van der Waals surface area contributed by atoms with Gasteiger partial charge < -0.3 is 14.8 Å². The minimum Gasteiger partial charge on any atom is -0.462 e. The van der Waals surface area contributed by atoms with Gasteiger partial charge in [0.25, 0.3) is 5.91 Å². The Labute approximate surface area is 180 Å². The van der Waals surface area contributed by atoms with Crippen molar-refractivity contribution in [3.63, 3.8) is 0 Å². The van der Waals surface area contributed by atoms with E-state index in [4.69, 9.17) is 9.47 Å². The van der Waals surface area contributed by atoms with E-state index in [0.717, 1.165) is 11.1 Å². The van der Waals surface area contributed by atoms with Crippen LogP contribution >= 0.6 is 0 Å². The highest BCUT2D eigenvalue weighted by atomic mass is 16.5. The molecule has 0 aliphatic heterocycles. The molecule has 1 amide bonds. The maximum absolute atomic E-state index is 13.0. The highest BCUT2D eigenvalue weighted by molar-refractivity contribution is 6.12. The van der Waals surface area contributed by atoms with Crippen LogP contribution in [0.25, 0.3) is 11.1 Å². The highest BCUT2D eigenvalue weighted by Crippen LogP contribution is 2.25. The number of esters is 2. The molecule has 0 atom stereocenters. The first-order chi connectivity index (χ1) is 15.0. The van der Waals surface area contributed by atoms with Crippen LogP contribution in [-0.2, 0) is 9.47 Å². The van der Waals surface area contributed by atoms with E-state index in [2.05, 4.69) is 5.32 Å². The van der Waals surface area contributed by atoms with Gasteiger partial charge in [0.1, 0.15) is 0 Å². The molecule has 0 radical (unpaired) electrons. The van der Waals surface area contributed by atoms with Gasteiger partial charge in [-0.3, -0.25) is 4.79 Å². The number of anilines is 1. The topological polar surface area (TPSA) is 81.7 Å². The van der Waals surface area contributed by atoms with Crippen LogP contribution in [0.3, 0.4) is 0 Å². The second-order valence-corrected chi connectivity index (χ2v) is 6.57. The standard InChI is InChI=1S/C25H23NO5/c1-3-30-24(28)20-14-9-15-21(25(29)31-4-2)22(20)26-23(27)19-13-8-12-18(16-19)17-10-6-5-7-11-17/h5-16H,3-4H2,1-2H3,(H,26,27). The van der Waals surface area contributed by atoms with Crippen LogP contribution in [0.1, 0.15) is 44.9 Å². The molecule has 0 heterocycles. The third-order valence-electron chi connectivity index (χ3n) is 4.53. The SMILES string of the molecule is CCOC(=O)c1cccc(C(=O)OCC)c1NC(=O)c1cccc(-c2ccccc2)c1. The van der Waals surface area contributed by atoms with Crippen LogP contribution in [-0.4, -0.2) is 31.1 Å². The van der Waals surface area contributed by atoms with Gasteiger partial charge in [0, 0.05) is 5.56 Å². The second kappa shape index (κ2) is 10.2. The molecule has 0 fully saturated rings. The summed E-state index contributed by atoms with van der Waals surface area (Å²) in [4.78, 5) is 37.9. The first-order valence-corrected chi connectivity index (χ1v) is 9.99. The summed E-state index contributed by atoms with van der Waals surface area (Å²) in [5.74, 6) is -1.73. The lowest BCUT2D eigenvalue weighted by Gasteiger charge is -2.15. The fourth-order valence-corrected chi connectivity index (χ4v) is 3.10. The predicted molar refractivity (Wildman–Crippen MR) is 118 cm³/mol. The second-order valence-electron chi connectivity index (χ2n) is 6.57. The quantitative estimate of drug-likeness (QED) is 0.550. The van der Waals surface area contributed by atoms with Crippen LogP contribution in [0, 0.1) is 0 Å². The van der Waals surface area contributed by atoms with Crippen LogP contribution < -0.4 is 5.32 Å². The fraction of sp³-hybridized carbons (Fsp3) is 0.160. The molecule has 6 heteroatoms. The Morgan fingerprint density at radius 2 is 1.26 bits per heavy atom. The van der Waals surface area contributed by atoms with E-state index in [1.807, 2.05) is 36.4 Å². The lowest BCUT2D eigenvalue weighted by molar-refractivity contribution is 0.0527. The van der Waals surface area contributed by atoms with Crippen molar-refractivity contribution in [3.05, 3.63) is 89.5 Å². The number of carbonyl (C=O) groups excluding carboxylic acids is 3. The van der Waals surface area contributed by atoms with E-state index in [1.54, 1.807) is 38.1 Å². The molecule has 6 nitrogen and oxygen atoms in total. The molecule has 0 saturated carbocycles. The smallest absolute Gasteiger partial charge is 0.340 e. The van der Waals surface area contributed by atoms with Crippen LogP contribution in [0.15, 0.2) is 72.8 Å². The molecule has 1 N–H and O–H groups in total. The Balaban J connectivity index is 1.98. The van der Waals surface area contributed by atoms with Gasteiger partial charge >= 0.3 is 11.9 Å². The summed E-state index contributed by atoms with van der Waals surface area (Å²) in [6.07, 6.45) is 0. The molecule has 0 bridgehead atoms. The molecule has 0 unspecified atom stereocenters. The van der Waals surface area contributed by atoms with Gasteiger partial charge in [-0.15, -0.1) is 0 Å². The molecule has 0 spiro atoms. The Bertz CT molecular complexity index is 1060. The van der Waals surface area contributed by atoms with Crippen molar-refractivity contribution in [1.82, 2.24) is 0 Å². The molecule has 0 aromatic heterocycles. The van der Waals surface area contributed by atoms with Crippen LogP contribution in [0.4, 0.5) is 5.69 Å². The normalized spacial score (nSPS) is 10.3. The van der Waals surface area contributed by atoms with Gasteiger partial charge in [-0.2, -0.15) is 0 Å². The van der Waals surface area contributed by atoms with Crippen molar-refractivity contribution >= 4 is 23.5 Å².